The molecule has 2 nitrogen and oxygen atoms in total. The molecule has 1 aromatic carbocycles. The molecule has 2 N–H and O–H groups in total. The van der Waals surface area contributed by atoms with Gasteiger partial charge in [-0.05, 0) is 55.9 Å². The molecule has 3 heteroatoms. The second-order valence-electron chi connectivity index (χ2n) is 4.82. The second-order valence-corrected chi connectivity index (χ2v) is 5.74. The number of hydrogen-bond donors (Lipinski definition) is 1. The maximum Gasteiger partial charge on any atom is 0.0576 e. The van der Waals surface area contributed by atoms with E-state index in [0.717, 1.165) is 23.9 Å². The van der Waals surface area contributed by atoms with Gasteiger partial charge in [0.25, 0.3) is 0 Å². The molecular formula is C14H20BrNO. The van der Waals surface area contributed by atoms with Crippen LogP contribution in [-0.4, -0.2) is 12.7 Å². The highest BCUT2D eigenvalue weighted by Gasteiger charge is 2.17. The Labute approximate surface area is 112 Å². The zero-order chi connectivity index (χ0) is 12.3. The molecule has 2 atom stereocenters. The largest absolute Gasteiger partial charge is 0.378 e. The van der Waals surface area contributed by atoms with Crippen LogP contribution in [0.4, 0.5) is 0 Å². The van der Waals surface area contributed by atoms with Gasteiger partial charge in [0.1, 0.15) is 0 Å². The van der Waals surface area contributed by atoms with Crippen LogP contribution in [0.15, 0.2) is 22.7 Å². The molecule has 0 saturated carbocycles. The number of hydrogen-bond acceptors (Lipinski definition) is 2. The first-order valence-corrected chi connectivity index (χ1v) is 7.09. The quantitative estimate of drug-likeness (QED) is 0.919. The molecule has 1 fully saturated rings. The van der Waals surface area contributed by atoms with Crippen LogP contribution in [0.5, 0.6) is 0 Å². The first-order valence-electron chi connectivity index (χ1n) is 6.30. The zero-order valence-electron chi connectivity index (χ0n) is 10.3. The van der Waals surface area contributed by atoms with Crippen LogP contribution >= 0.6 is 15.9 Å². The minimum Gasteiger partial charge on any atom is -0.378 e. The summed E-state index contributed by atoms with van der Waals surface area (Å²) in [4.78, 5) is 0. The van der Waals surface area contributed by atoms with Gasteiger partial charge in [0.05, 0.1) is 6.10 Å². The normalized spacial score (nSPS) is 21.7. The highest BCUT2D eigenvalue weighted by Crippen LogP contribution is 2.26. The van der Waals surface area contributed by atoms with Gasteiger partial charge in [0.2, 0.25) is 0 Å². The average molecular weight is 298 g/mol. The lowest BCUT2D eigenvalue weighted by atomic mass is 9.96. The summed E-state index contributed by atoms with van der Waals surface area (Å²) in [6.45, 7) is 3.04. The van der Waals surface area contributed by atoms with E-state index in [2.05, 4.69) is 41.1 Å². The summed E-state index contributed by atoms with van der Waals surface area (Å²) in [5, 5.41) is 0. The Balaban J connectivity index is 1.91. The molecule has 1 saturated heterocycles. The molecule has 2 rings (SSSR count). The average Bonchev–Trinajstić information content (AvgIpc) is 2.78. The zero-order valence-corrected chi connectivity index (χ0v) is 11.9. The van der Waals surface area contributed by atoms with E-state index < -0.39 is 0 Å². The van der Waals surface area contributed by atoms with Crippen LogP contribution in [-0.2, 0) is 4.74 Å². The van der Waals surface area contributed by atoms with Crippen molar-refractivity contribution in [3.63, 3.8) is 0 Å². The molecular weight excluding hydrogens is 278 g/mol. The van der Waals surface area contributed by atoms with Crippen LogP contribution in [0.2, 0.25) is 0 Å². The van der Waals surface area contributed by atoms with Gasteiger partial charge >= 0.3 is 0 Å². The maximum atomic E-state index is 6.25. The Kier molecular flexibility index (Phi) is 4.60. The van der Waals surface area contributed by atoms with Crippen LogP contribution in [0, 0.1) is 6.92 Å². The molecule has 1 heterocycles. The fourth-order valence-electron chi connectivity index (χ4n) is 2.45. The van der Waals surface area contributed by atoms with Crippen molar-refractivity contribution in [1.82, 2.24) is 0 Å². The van der Waals surface area contributed by atoms with Crippen molar-refractivity contribution in [3.8, 4) is 0 Å². The first-order chi connectivity index (χ1) is 8.16. The lowest BCUT2D eigenvalue weighted by Crippen LogP contribution is -2.15. The van der Waals surface area contributed by atoms with Gasteiger partial charge in [-0.25, -0.2) is 0 Å². The van der Waals surface area contributed by atoms with E-state index in [1.54, 1.807) is 0 Å². The lowest BCUT2D eigenvalue weighted by Gasteiger charge is -2.17. The topological polar surface area (TPSA) is 35.2 Å². The maximum absolute atomic E-state index is 6.25. The van der Waals surface area contributed by atoms with Crippen LogP contribution in [0.1, 0.15) is 42.9 Å². The molecule has 17 heavy (non-hydrogen) atoms. The summed E-state index contributed by atoms with van der Waals surface area (Å²) in [5.74, 6) is 0. The second kappa shape index (κ2) is 5.98. The standard InChI is InChI=1S/C14H20BrNO/c1-10-9-11(15)4-6-13(10)14(16)7-5-12-3-2-8-17-12/h4,6,9,12,14H,2-3,5,7-8,16H2,1H3. The van der Waals surface area contributed by atoms with E-state index in [1.165, 1.54) is 24.0 Å². The van der Waals surface area contributed by atoms with Crippen molar-refractivity contribution in [2.75, 3.05) is 6.61 Å². The Bertz CT molecular complexity index is 374. The molecule has 0 radical (unpaired) electrons. The first kappa shape index (κ1) is 13.1. The van der Waals surface area contributed by atoms with Crippen LogP contribution in [0.3, 0.4) is 0 Å². The number of aryl methyl sites for hydroxylation is 1. The van der Waals surface area contributed by atoms with E-state index in [9.17, 15) is 0 Å². The molecule has 0 aromatic heterocycles. The van der Waals surface area contributed by atoms with Crippen LogP contribution < -0.4 is 5.73 Å². The summed E-state index contributed by atoms with van der Waals surface area (Å²) in [6.07, 6.45) is 4.93. The van der Waals surface area contributed by atoms with Crippen molar-refractivity contribution in [2.24, 2.45) is 5.73 Å². The fourth-order valence-corrected chi connectivity index (χ4v) is 2.92. The summed E-state index contributed by atoms with van der Waals surface area (Å²) < 4.78 is 6.74. The van der Waals surface area contributed by atoms with E-state index in [-0.39, 0.29) is 6.04 Å². The minimum atomic E-state index is 0.132. The van der Waals surface area contributed by atoms with Crippen molar-refractivity contribution >= 4 is 15.9 Å². The Morgan fingerprint density at radius 3 is 3.00 bits per heavy atom. The predicted molar refractivity (Wildman–Crippen MR) is 74.0 cm³/mol. The number of ether oxygens (including phenoxy) is 1. The Morgan fingerprint density at radius 1 is 1.53 bits per heavy atom. The van der Waals surface area contributed by atoms with Crippen LogP contribution in [0.25, 0.3) is 0 Å². The van der Waals surface area contributed by atoms with E-state index in [0.29, 0.717) is 6.10 Å². The Morgan fingerprint density at radius 2 is 2.35 bits per heavy atom. The molecule has 2 unspecified atom stereocenters. The molecule has 1 aliphatic heterocycles. The molecule has 94 valence electrons. The van der Waals surface area contributed by atoms with Crippen molar-refractivity contribution < 1.29 is 4.74 Å². The van der Waals surface area contributed by atoms with Gasteiger partial charge in [0, 0.05) is 17.1 Å². The van der Waals surface area contributed by atoms with Gasteiger partial charge in [-0.15, -0.1) is 0 Å². The van der Waals surface area contributed by atoms with Gasteiger partial charge in [0.15, 0.2) is 0 Å². The van der Waals surface area contributed by atoms with E-state index >= 15 is 0 Å². The van der Waals surface area contributed by atoms with Crippen molar-refractivity contribution in [3.05, 3.63) is 33.8 Å². The van der Waals surface area contributed by atoms with Crippen molar-refractivity contribution in [2.45, 2.75) is 44.8 Å². The van der Waals surface area contributed by atoms with Gasteiger partial charge < -0.3 is 10.5 Å². The molecule has 1 aromatic rings. The third-order valence-corrected chi connectivity index (χ3v) is 3.95. The van der Waals surface area contributed by atoms with Gasteiger partial charge in [-0.2, -0.15) is 0 Å². The molecule has 0 aliphatic carbocycles. The van der Waals surface area contributed by atoms with Crippen molar-refractivity contribution in [1.29, 1.82) is 0 Å². The SMILES string of the molecule is Cc1cc(Br)ccc1C(N)CCC1CCCO1. The number of benzene rings is 1. The third-order valence-electron chi connectivity index (χ3n) is 3.45. The number of rotatable bonds is 4. The Hall–Kier alpha value is -0.380. The van der Waals surface area contributed by atoms with Gasteiger partial charge in [-0.1, -0.05) is 22.0 Å². The molecule has 0 spiro atoms. The molecule has 1 aliphatic rings. The molecule has 0 amide bonds. The summed E-state index contributed by atoms with van der Waals surface area (Å²) in [5.41, 5.74) is 8.77. The number of halogens is 1. The predicted octanol–water partition coefficient (Wildman–Crippen LogP) is 3.72. The summed E-state index contributed by atoms with van der Waals surface area (Å²) in [7, 11) is 0. The fraction of sp³-hybridized carbons (Fsp3) is 0.571. The highest BCUT2D eigenvalue weighted by molar-refractivity contribution is 9.10. The lowest BCUT2D eigenvalue weighted by molar-refractivity contribution is 0.101. The minimum absolute atomic E-state index is 0.132. The molecule has 0 bridgehead atoms. The highest BCUT2D eigenvalue weighted by atomic mass is 79.9. The summed E-state index contributed by atoms with van der Waals surface area (Å²) in [6, 6.07) is 6.45. The summed E-state index contributed by atoms with van der Waals surface area (Å²) >= 11 is 3.48. The van der Waals surface area contributed by atoms with Gasteiger partial charge in [-0.3, -0.25) is 0 Å². The van der Waals surface area contributed by atoms with E-state index in [1.807, 2.05) is 0 Å². The van der Waals surface area contributed by atoms with E-state index in [4.69, 9.17) is 10.5 Å². The monoisotopic (exact) mass is 297 g/mol. The smallest absolute Gasteiger partial charge is 0.0576 e. The number of nitrogens with two attached hydrogens (primary N) is 1. The third kappa shape index (κ3) is 3.54.